The third-order valence-corrected chi connectivity index (χ3v) is 4.89. The topological polar surface area (TPSA) is 81.1 Å². The van der Waals surface area contributed by atoms with Crippen LogP contribution < -0.4 is 10.6 Å². The van der Waals surface area contributed by atoms with E-state index in [1.165, 1.54) is 0 Å². The zero-order valence-corrected chi connectivity index (χ0v) is 13.4. The molecule has 3 aromatic rings. The summed E-state index contributed by atoms with van der Waals surface area (Å²) in [5, 5.41) is 6.02. The van der Waals surface area contributed by atoms with Crippen molar-refractivity contribution in [2.45, 2.75) is 18.9 Å². The maximum atomic E-state index is 5.94. The number of nitrogens with two attached hydrogens (primary N) is 1. The largest absolute Gasteiger partial charge is 0.357 e. The molecule has 6 nitrogen and oxygen atoms in total. The van der Waals surface area contributed by atoms with Gasteiger partial charge in [-0.05, 0) is 36.4 Å². The molecule has 3 aromatic heterocycles. The molecular weight excluding hydrogens is 310 g/mol. The van der Waals surface area contributed by atoms with Gasteiger partial charge < -0.3 is 15.2 Å². The van der Waals surface area contributed by atoms with Gasteiger partial charge in [-0.1, -0.05) is 11.2 Å². The summed E-state index contributed by atoms with van der Waals surface area (Å²) >= 11 is 1.59. The van der Waals surface area contributed by atoms with Crippen molar-refractivity contribution in [2.24, 2.45) is 5.73 Å². The van der Waals surface area contributed by atoms with E-state index >= 15 is 0 Å². The minimum absolute atomic E-state index is 0.319. The lowest BCUT2D eigenvalue weighted by atomic mass is 10.1. The second kappa shape index (κ2) is 6.10. The van der Waals surface area contributed by atoms with Crippen molar-refractivity contribution in [1.82, 2.24) is 15.1 Å². The predicted molar refractivity (Wildman–Crippen MR) is 90.3 cm³/mol. The number of rotatable bonds is 3. The Morgan fingerprint density at radius 1 is 1.22 bits per heavy atom. The average molecular weight is 327 g/mol. The molecule has 1 fully saturated rings. The van der Waals surface area contributed by atoms with Crippen molar-refractivity contribution in [1.29, 1.82) is 0 Å². The molecule has 0 aliphatic carbocycles. The second-order valence-electron chi connectivity index (χ2n) is 5.63. The second-order valence-corrected chi connectivity index (χ2v) is 6.58. The summed E-state index contributed by atoms with van der Waals surface area (Å²) in [6.45, 7) is 1.91. The number of pyridine rings is 1. The van der Waals surface area contributed by atoms with Crippen molar-refractivity contribution in [3.63, 3.8) is 0 Å². The highest BCUT2D eigenvalue weighted by molar-refractivity contribution is 7.13. The van der Waals surface area contributed by atoms with Crippen molar-refractivity contribution >= 4 is 17.2 Å². The van der Waals surface area contributed by atoms with Gasteiger partial charge in [-0.15, -0.1) is 11.3 Å². The summed E-state index contributed by atoms with van der Waals surface area (Å²) in [6, 6.07) is 8.24. The van der Waals surface area contributed by atoms with E-state index in [0.717, 1.165) is 42.2 Å². The third-order valence-electron chi connectivity index (χ3n) is 4.03. The molecular formula is C16H17N5OS. The maximum absolute atomic E-state index is 5.94. The summed E-state index contributed by atoms with van der Waals surface area (Å²) < 4.78 is 5.35. The molecule has 4 rings (SSSR count). The van der Waals surface area contributed by atoms with Gasteiger partial charge in [-0.25, -0.2) is 4.98 Å². The molecule has 1 aliphatic rings. The van der Waals surface area contributed by atoms with Gasteiger partial charge in [-0.2, -0.15) is 4.98 Å². The molecule has 0 aromatic carbocycles. The lowest BCUT2D eigenvalue weighted by Gasteiger charge is -2.31. The Morgan fingerprint density at radius 3 is 2.78 bits per heavy atom. The smallest absolute Gasteiger partial charge is 0.259 e. The van der Waals surface area contributed by atoms with E-state index < -0.39 is 0 Å². The molecule has 0 unspecified atom stereocenters. The van der Waals surface area contributed by atoms with Crippen LogP contribution in [-0.4, -0.2) is 34.3 Å². The summed E-state index contributed by atoms with van der Waals surface area (Å²) in [4.78, 5) is 12.2. The first-order valence-electron chi connectivity index (χ1n) is 7.64. The van der Waals surface area contributed by atoms with Crippen molar-refractivity contribution < 1.29 is 4.52 Å². The highest BCUT2D eigenvalue weighted by Gasteiger charge is 2.18. The van der Waals surface area contributed by atoms with Crippen LogP contribution in [0.1, 0.15) is 12.8 Å². The zero-order valence-electron chi connectivity index (χ0n) is 12.6. The van der Waals surface area contributed by atoms with Gasteiger partial charge >= 0.3 is 0 Å². The fraction of sp³-hybridized carbons (Fsp3) is 0.312. The Kier molecular flexibility index (Phi) is 3.80. The fourth-order valence-corrected chi connectivity index (χ4v) is 3.32. The first kappa shape index (κ1) is 14.3. The number of thiophene rings is 1. The molecule has 118 valence electrons. The molecule has 0 spiro atoms. The normalized spacial score (nSPS) is 16.0. The number of anilines is 1. The number of hydrogen-bond acceptors (Lipinski definition) is 7. The summed E-state index contributed by atoms with van der Waals surface area (Å²) in [6.07, 6.45) is 3.81. The van der Waals surface area contributed by atoms with Gasteiger partial charge in [0.05, 0.1) is 10.4 Å². The minimum Gasteiger partial charge on any atom is -0.357 e. The van der Waals surface area contributed by atoms with Gasteiger partial charge in [0.15, 0.2) is 0 Å². The van der Waals surface area contributed by atoms with Crippen LogP contribution >= 0.6 is 11.3 Å². The molecule has 1 saturated heterocycles. The molecule has 2 N–H and O–H groups in total. The van der Waals surface area contributed by atoms with Gasteiger partial charge in [0.2, 0.25) is 5.82 Å². The van der Waals surface area contributed by atoms with E-state index in [2.05, 4.69) is 20.0 Å². The maximum Gasteiger partial charge on any atom is 0.259 e. The number of hydrogen-bond donors (Lipinski definition) is 1. The molecule has 4 heterocycles. The summed E-state index contributed by atoms with van der Waals surface area (Å²) in [5.74, 6) is 2.08. The van der Waals surface area contributed by atoms with Gasteiger partial charge in [0.1, 0.15) is 5.82 Å². The average Bonchev–Trinajstić information content (AvgIpc) is 3.27. The van der Waals surface area contributed by atoms with E-state index in [1.54, 1.807) is 17.5 Å². The highest BCUT2D eigenvalue weighted by Crippen LogP contribution is 2.26. The lowest BCUT2D eigenvalue weighted by molar-refractivity contribution is 0.432. The molecule has 0 radical (unpaired) electrons. The number of aromatic nitrogens is 3. The Morgan fingerprint density at radius 2 is 2.09 bits per heavy atom. The Balaban J connectivity index is 1.52. The molecule has 1 aliphatic heterocycles. The molecule has 0 amide bonds. The number of nitrogens with zero attached hydrogens (tertiary/aromatic N) is 4. The van der Waals surface area contributed by atoms with Crippen LogP contribution in [0.25, 0.3) is 22.2 Å². The number of piperidine rings is 1. The fourth-order valence-electron chi connectivity index (χ4n) is 2.67. The van der Waals surface area contributed by atoms with E-state index in [-0.39, 0.29) is 0 Å². The SMILES string of the molecule is NC1CCN(c2ccc(-c3nc(-c4cccs4)no3)cn2)CC1. The van der Waals surface area contributed by atoms with Crippen LogP contribution in [-0.2, 0) is 0 Å². The van der Waals surface area contributed by atoms with Crippen LogP contribution in [0.2, 0.25) is 0 Å². The van der Waals surface area contributed by atoms with E-state index in [4.69, 9.17) is 10.3 Å². The summed E-state index contributed by atoms with van der Waals surface area (Å²) in [5.41, 5.74) is 6.78. The van der Waals surface area contributed by atoms with E-state index in [1.807, 2.05) is 29.6 Å². The van der Waals surface area contributed by atoms with Crippen LogP contribution in [0.3, 0.4) is 0 Å². The first-order chi connectivity index (χ1) is 11.3. The quantitative estimate of drug-likeness (QED) is 0.796. The van der Waals surface area contributed by atoms with E-state index in [9.17, 15) is 0 Å². The molecule has 23 heavy (non-hydrogen) atoms. The molecule has 0 atom stereocenters. The Hall–Kier alpha value is -2.25. The standard InChI is InChI=1S/C16H17N5OS/c17-12-5-7-21(8-6-12)14-4-3-11(10-18-14)16-19-15(20-22-16)13-2-1-9-23-13/h1-4,9-10,12H,5-8,17H2. The predicted octanol–water partition coefficient (Wildman–Crippen LogP) is 2.79. The molecule has 0 bridgehead atoms. The molecule has 7 heteroatoms. The van der Waals surface area contributed by atoms with Crippen LogP contribution in [0, 0.1) is 0 Å². The van der Waals surface area contributed by atoms with Crippen molar-refractivity contribution in [3.05, 3.63) is 35.8 Å². The zero-order chi connectivity index (χ0) is 15.6. The lowest BCUT2D eigenvalue weighted by Crippen LogP contribution is -2.40. The summed E-state index contributed by atoms with van der Waals surface area (Å²) in [7, 11) is 0. The van der Waals surface area contributed by atoms with Crippen molar-refractivity contribution in [2.75, 3.05) is 18.0 Å². The minimum atomic E-state index is 0.319. The Labute approximate surface area is 138 Å². The van der Waals surface area contributed by atoms with Crippen molar-refractivity contribution in [3.8, 4) is 22.2 Å². The van der Waals surface area contributed by atoms with Crippen LogP contribution in [0.5, 0.6) is 0 Å². The monoisotopic (exact) mass is 327 g/mol. The van der Waals surface area contributed by atoms with Gasteiger partial charge in [0.25, 0.3) is 5.89 Å². The van der Waals surface area contributed by atoms with Crippen LogP contribution in [0.15, 0.2) is 40.4 Å². The third kappa shape index (κ3) is 2.97. The van der Waals surface area contributed by atoms with Gasteiger partial charge in [0, 0.05) is 25.3 Å². The molecule has 0 saturated carbocycles. The van der Waals surface area contributed by atoms with E-state index in [0.29, 0.717) is 17.8 Å². The first-order valence-corrected chi connectivity index (χ1v) is 8.52. The van der Waals surface area contributed by atoms with Crippen LogP contribution in [0.4, 0.5) is 5.82 Å². The Bertz CT molecular complexity index is 760. The van der Waals surface area contributed by atoms with Gasteiger partial charge in [-0.3, -0.25) is 0 Å². The highest BCUT2D eigenvalue weighted by atomic mass is 32.1.